The molecule has 1 heterocycles. The lowest BCUT2D eigenvalue weighted by atomic mass is 10.0. The molecule has 1 rings (SSSR count). The van der Waals surface area contributed by atoms with Gasteiger partial charge in [0.05, 0.1) is 6.04 Å². The summed E-state index contributed by atoms with van der Waals surface area (Å²) in [6, 6.07) is -0.0916. The minimum atomic E-state index is -0.804. The van der Waals surface area contributed by atoms with Gasteiger partial charge in [-0.05, 0) is 25.3 Å². The molecule has 0 spiro atoms. The summed E-state index contributed by atoms with van der Waals surface area (Å²) in [6.07, 6.45) is 3.97. The van der Waals surface area contributed by atoms with Crippen LogP contribution in [0.1, 0.15) is 39.0 Å². The molecule has 5 heteroatoms. The van der Waals surface area contributed by atoms with Gasteiger partial charge in [-0.1, -0.05) is 19.8 Å². The summed E-state index contributed by atoms with van der Waals surface area (Å²) in [5.41, 5.74) is 0. The van der Waals surface area contributed by atoms with Crippen molar-refractivity contribution in [1.82, 2.24) is 10.6 Å². The first-order valence-corrected chi connectivity index (χ1v) is 6.36. The molecule has 98 valence electrons. The van der Waals surface area contributed by atoms with E-state index in [0.29, 0.717) is 6.54 Å². The molecule has 1 aliphatic rings. The number of carboxylic acids is 1. The van der Waals surface area contributed by atoms with Gasteiger partial charge in [-0.2, -0.15) is 0 Å². The van der Waals surface area contributed by atoms with E-state index in [-0.39, 0.29) is 24.3 Å². The molecule has 0 aromatic heterocycles. The van der Waals surface area contributed by atoms with E-state index in [1.807, 2.05) is 6.92 Å². The molecule has 0 bridgehead atoms. The molecule has 2 unspecified atom stereocenters. The van der Waals surface area contributed by atoms with Crippen molar-refractivity contribution in [3.8, 4) is 0 Å². The minimum Gasteiger partial charge on any atom is -0.481 e. The molecule has 0 aromatic carbocycles. The van der Waals surface area contributed by atoms with E-state index < -0.39 is 5.97 Å². The Morgan fingerprint density at radius 3 is 2.76 bits per heavy atom. The molecule has 1 saturated heterocycles. The van der Waals surface area contributed by atoms with Crippen molar-refractivity contribution in [2.45, 2.75) is 45.1 Å². The zero-order valence-corrected chi connectivity index (χ0v) is 10.4. The van der Waals surface area contributed by atoms with Crippen LogP contribution in [0.15, 0.2) is 0 Å². The first-order chi connectivity index (χ1) is 8.13. The fourth-order valence-corrected chi connectivity index (χ4v) is 2.05. The second-order valence-electron chi connectivity index (χ2n) is 4.62. The van der Waals surface area contributed by atoms with Crippen LogP contribution in [0.5, 0.6) is 0 Å². The lowest BCUT2D eigenvalue weighted by Gasteiger charge is -2.23. The monoisotopic (exact) mass is 242 g/mol. The van der Waals surface area contributed by atoms with Crippen LogP contribution in [0.2, 0.25) is 0 Å². The predicted octanol–water partition coefficient (Wildman–Crippen LogP) is 0.746. The van der Waals surface area contributed by atoms with Crippen molar-refractivity contribution in [2.75, 3.05) is 13.1 Å². The minimum absolute atomic E-state index is 0.00791. The van der Waals surface area contributed by atoms with Crippen LogP contribution < -0.4 is 10.6 Å². The lowest BCUT2D eigenvalue weighted by Crippen LogP contribution is -2.47. The number of piperidine rings is 1. The van der Waals surface area contributed by atoms with Crippen molar-refractivity contribution in [3.63, 3.8) is 0 Å². The van der Waals surface area contributed by atoms with Gasteiger partial charge in [0, 0.05) is 13.0 Å². The smallest absolute Gasteiger partial charge is 0.303 e. The van der Waals surface area contributed by atoms with Crippen LogP contribution in [0.4, 0.5) is 0 Å². The third-order valence-corrected chi connectivity index (χ3v) is 3.23. The molecule has 1 aliphatic heterocycles. The van der Waals surface area contributed by atoms with Crippen LogP contribution in [-0.2, 0) is 9.59 Å². The summed E-state index contributed by atoms with van der Waals surface area (Å²) >= 11 is 0. The van der Waals surface area contributed by atoms with Gasteiger partial charge in [0.15, 0.2) is 0 Å². The number of carbonyl (C=O) groups is 2. The molecule has 0 aliphatic carbocycles. The van der Waals surface area contributed by atoms with E-state index >= 15 is 0 Å². The molecular formula is C12H22N2O3. The molecule has 5 nitrogen and oxygen atoms in total. The number of amides is 1. The Labute approximate surface area is 102 Å². The summed E-state index contributed by atoms with van der Waals surface area (Å²) in [7, 11) is 0. The van der Waals surface area contributed by atoms with E-state index in [9.17, 15) is 9.59 Å². The fraction of sp³-hybridized carbons (Fsp3) is 0.833. The fourth-order valence-electron chi connectivity index (χ4n) is 2.05. The maximum absolute atomic E-state index is 11.8. The van der Waals surface area contributed by atoms with Crippen LogP contribution in [0.3, 0.4) is 0 Å². The lowest BCUT2D eigenvalue weighted by molar-refractivity contribution is -0.138. The average molecular weight is 242 g/mol. The first kappa shape index (κ1) is 14.0. The number of aliphatic carboxylic acids is 1. The van der Waals surface area contributed by atoms with Crippen molar-refractivity contribution < 1.29 is 14.7 Å². The molecule has 0 aromatic rings. The first-order valence-electron chi connectivity index (χ1n) is 6.36. The van der Waals surface area contributed by atoms with E-state index in [1.54, 1.807) is 0 Å². The molecule has 2 atom stereocenters. The Hall–Kier alpha value is -1.10. The van der Waals surface area contributed by atoms with Crippen molar-refractivity contribution >= 4 is 11.9 Å². The highest BCUT2D eigenvalue weighted by Crippen LogP contribution is 2.09. The Balaban J connectivity index is 2.27. The maximum atomic E-state index is 11.8. The predicted molar refractivity (Wildman–Crippen MR) is 64.7 cm³/mol. The summed E-state index contributed by atoms with van der Waals surface area (Å²) in [5.74, 6) is -0.768. The molecule has 3 N–H and O–H groups in total. The summed E-state index contributed by atoms with van der Waals surface area (Å²) in [6.45, 7) is 3.29. The van der Waals surface area contributed by atoms with Gasteiger partial charge < -0.3 is 15.7 Å². The Morgan fingerprint density at radius 1 is 1.47 bits per heavy atom. The maximum Gasteiger partial charge on any atom is 0.303 e. The number of carbonyl (C=O) groups excluding carboxylic acids is 1. The van der Waals surface area contributed by atoms with Gasteiger partial charge in [-0.15, -0.1) is 0 Å². The van der Waals surface area contributed by atoms with Crippen LogP contribution in [-0.4, -0.2) is 36.1 Å². The Morgan fingerprint density at radius 2 is 2.24 bits per heavy atom. The van der Waals surface area contributed by atoms with Gasteiger partial charge >= 0.3 is 5.97 Å². The largest absolute Gasteiger partial charge is 0.481 e. The van der Waals surface area contributed by atoms with Crippen LogP contribution in [0, 0.1) is 5.92 Å². The van der Waals surface area contributed by atoms with E-state index in [1.165, 1.54) is 0 Å². The zero-order chi connectivity index (χ0) is 12.7. The van der Waals surface area contributed by atoms with Crippen LogP contribution in [0.25, 0.3) is 0 Å². The summed E-state index contributed by atoms with van der Waals surface area (Å²) < 4.78 is 0. The molecule has 0 saturated carbocycles. The number of rotatable bonds is 6. The Kier molecular flexibility index (Phi) is 5.97. The van der Waals surface area contributed by atoms with E-state index in [0.717, 1.165) is 32.2 Å². The molecule has 0 radical (unpaired) electrons. The van der Waals surface area contributed by atoms with E-state index in [4.69, 9.17) is 5.11 Å². The summed E-state index contributed by atoms with van der Waals surface area (Å²) in [5, 5.41) is 14.7. The highest BCUT2D eigenvalue weighted by Gasteiger charge is 2.21. The second kappa shape index (κ2) is 7.27. The Bertz CT molecular complexity index is 262. The van der Waals surface area contributed by atoms with Crippen molar-refractivity contribution in [1.29, 1.82) is 0 Å². The normalized spacial score (nSPS) is 21.8. The summed E-state index contributed by atoms with van der Waals surface area (Å²) in [4.78, 5) is 22.4. The average Bonchev–Trinajstić information content (AvgIpc) is 2.34. The van der Waals surface area contributed by atoms with Gasteiger partial charge in [-0.25, -0.2) is 0 Å². The third-order valence-electron chi connectivity index (χ3n) is 3.23. The van der Waals surface area contributed by atoms with Gasteiger partial charge in [0.1, 0.15) is 0 Å². The quantitative estimate of drug-likeness (QED) is 0.642. The number of nitrogens with one attached hydrogen (secondary N) is 2. The number of hydrogen-bond acceptors (Lipinski definition) is 3. The SMILES string of the molecule is CCC(CNC(=O)C1CCCCN1)CC(=O)O. The molecule has 1 amide bonds. The van der Waals surface area contributed by atoms with Crippen molar-refractivity contribution in [3.05, 3.63) is 0 Å². The highest BCUT2D eigenvalue weighted by molar-refractivity contribution is 5.81. The highest BCUT2D eigenvalue weighted by atomic mass is 16.4. The van der Waals surface area contributed by atoms with Gasteiger partial charge in [-0.3, -0.25) is 9.59 Å². The van der Waals surface area contributed by atoms with Gasteiger partial charge in [0.25, 0.3) is 0 Å². The second-order valence-corrected chi connectivity index (χ2v) is 4.62. The van der Waals surface area contributed by atoms with Gasteiger partial charge in [0.2, 0.25) is 5.91 Å². The van der Waals surface area contributed by atoms with E-state index in [2.05, 4.69) is 10.6 Å². The molecular weight excluding hydrogens is 220 g/mol. The topological polar surface area (TPSA) is 78.4 Å². The van der Waals surface area contributed by atoms with Crippen LogP contribution >= 0.6 is 0 Å². The van der Waals surface area contributed by atoms with Crippen molar-refractivity contribution in [2.24, 2.45) is 5.92 Å². The standard InChI is InChI=1S/C12H22N2O3/c1-2-9(7-11(15)16)8-14-12(17)10-5-3-4-6-13-10/h9-10,13H,2-8H2,1H3,(H,14,17)(H,15,16). The zero-order valence-electron chi connectivity index (χ0n) is 10.4. The molecule has 1 fully saturated rings. The molecule has 17 heavy (non-hydrogen) atoms. The number of hydrogen-bond donors (Lipinski definition) is 3. The number of carboxylic acid groups (broad SMARTS) is 1. The third kappa shape index (κ3) is 5.17.